The molecule has 202 valence electrons. The summed E-state index contributed by atoms with van der Waals surface area (Å²) in [4.78, 5) is 12.3. The summed E-state index contributed by atoms with van der Waals surface area (Å²) in [5.41, 5.74) is -4.17. The smallest absolute Gasteiger partial charge is 0.416 e. The summed E-state index contributed by atoms with van der Waals surface area (Å²) in [5.74, 6) is -0.267. The number of ether oxygens (including phenoxy) is 2. The first-order valence-corrected chi connectivity index (χ1v) is 12.0. The number of rotatable bonds is 5. The number of alkyl halides is 6. The molecule has 0 aromatic heterocycles. The van der Waals surface area contributed by atoms with Gasteiger partial charge in [-0.25, -0.2) is 0 Å². The van der Waals surface area contributed by atoms with Crippen LogP contribution in [0.5, 0.6) is 0 Å². The summed E-state index contributed by atoms with van der Waals surface area (Å²) in [6, 6.07) is 10.8. The van der Waals surface area contributed by atoms with Crippen LogP contribution in [0.25, 0.3) is 0 Å². The highest BCUT2D eigenvalue weighted by molar-refractivity contribution is 5.78. The largest absolute Gasteiger partial charge is 0.457 e. The number of hydrogen-bond donors (Lipinski definition) is 1. The lowest BCUT2D eigenvalue weighted by atomic mass is 9.74. The molecule has 2 aromatic rings. The molecule has 0 saturated carbocycles. The fourth-order valence-electron chi connectivity index (χ4n) is 5.22. The van der Waals surface area contributed by atoms with E-state index in [1.807, 2.05) is 44.2 Å². The molecule has 0 aliphatic carbocycles. The van der Waals surface area contributed by atoms with E-state index in [2.05, 4.69) is 5.32 Å². The first-order chi connectivity index (χ1) is 17.1. The molecule has 37 heavy (non-hydrogen) atoms. The van der Waals surface area contributed by atoms with Gasteiger partial charge in [0.1, 0.15) is 5.60 Å². The van der Waals surface area contributed by atoms with Crippen molar-refractivity contribution in [2.24, 2.45) is 5.41 Å². The third kappa shape index (κ3) is 5.65. The molecule has 2 aromatic carbocycles. The van der Waals surface area contributed by atoms with Crippen LogP contribution in [0.1, 0.15) is 68.4 Å². The Morgan fingerprint density at radius 2 is 1.57 bits per heavy atom. The van der Waals surface area contributed by atoms with E-state index in [1.165, 1.54) is 6.92 Å². The van der Waals surface area contributed by atoms with Crippen molar-refractivity contribution in [1.29, 1.82) is 0 Å². The highest BCUT2D eigenvalue weighted by Gasteiger charge is 2.55. The number of benzene rings is 2. The number of halogens is 6. The van der Waals surface area contributed by atoms with E-state index < -0.39 is 46.1 Å². The van der Waals surface area contributed by atoms with Crippen LogP contribution in [0, 0.1) is 5.41 Å². The minimum absolute atomic E-state index is 0.0107. The van der Waals surface area contributed by atoms with Gasteiger partial charge >= 0.3 is 18.3 Å². The average Bonchev–Trinajstić information content (AvgIpc) is 3.05. The Hall–Kier alpha value is -2.59. The zero-order valence-electron chi connectivity index (χ0n) is 20.7. The van der Waals surface area contributed by atoms with Crippen LogP contribution >= 0.6 is 0 Å². The molecular formula is C27H29F6NO3. The quantitative estimate of drug-likeness (QED) is 0.342. The van der Waals surface area contributed by atoms with Crippen LogP contribution in [0.15, 0.2) is 48.5 Å². The molecular weight excluding hydrogens is 500 g/mol. The Morgan fingerprint density at radius 3 is 2.03 bits per heavy atom. The highest BCUT2D eigenvalue weighted by atomic mass is 19.4. The fraction of sp³-hybridized carbons (Fsp3) is 0.519. The van der Waals surface area contributed by atoms with Gasteiger partial charge in [0.05, 0.1) is 34.8 Å². The standard InChI is InChI=1S/C27H29F6NO3/c1-17(18-11-20(26(28,29)30)13-21(12-18)27(31,32)33)36-16-25(19-7-5-4-6-8-19)10-9-24(15-34-25)14-23(2,3)22(35)37-24/h4-8,11-13,17,34H,9-10,14-16H2,1-3H3/t17-,24?,25-/m1/s1. The Morgan fingerprint density at radius 1 is 0.973 bits per heavy atom. The Labute approximate surface area is 211 Å². The summed E-state index contributed by atoms with van der Waals surface area (Å²) in [7, 11) is 0. The van der Waals surface area contributed by atoms with Gasteiger partial charge in [0.25, 0.3) is 0 Å². The van der Waals surface area contributed by atoms with E-state index in [0.29, 0.717) is 37.9 Å². The maximum Gasteiger partial charge on any atom is 0.416 e. The summed E-state index contributed by atoms with van der Waals surface area (Å²) in [5, 5.41) is 3.46. The average molecular weight is 530 g/mol. The van der Waals surface area contributed by atoms with Gasteiger partial charge in [-0.3, -0.25) is 4.79 Å². The number of piperidine rings is 1. The number of nitrogens with one attached hydrogen (secondary N) is 1. The first kappa shape index (κ1) is 27.4. The zero-order chi connectivity index (χ0) is 27.3. The van der Waals surface area contributed by atoms with Crippen LogP contribution in [0.3, 0.4) is 0 Å². The lowest BCUT2D eigenvalue weighted by Gasteiger charge is -2.45. The van der Waals surface area contributed by atoms with Crippen molar-refractivity contribution in [3.05, 3.63) is 70.8 Å². The second kappa shape index (κ2) is 9.31. The van der Waals surface area contributed by atoms with Crippen molar-refractivity contribution < 1.29 is 40.6 Å². The molecule has 4 nitrogen and oxygen atoms in total. The minimum atomic E-state index is -4.94. The monoisotopic (exact) mass is 529 g/mol. The van der Waals surface area contributed by atoms with E-state index in [4.69, 9.17) is 9.47 Å². The number of carbonyl (C=O) groups excluding carboxylic acids is 1. The van der Waals surface area contributed by atoms with Gasteiger partial charge in [-0.2, -0.15) is 26.3 Å². The third-order valence-corrected chi connectivity index (χ3v) is 7.37. The molecule has 3 atom stereocenters. The van der Waals surface area contributed by atoms with Gasteiger partial charge in [0.15, 0.2) is 0 Å². The maximum atomic E-state index is 13.3. The van der Waals surface area contributed by atoms with E-state index >= 15 is 0 Å². The molecule has 2 fully saturated rings. The van der Waals surface area contributed by atoms with Crippen LogP contribution < -0.4 is 5.32 Å². The minimum Gasteiger partial charge on any atom is -0.457 e. The normalized spacial score (nSPS) is 26.8. The van der Waals surface area contributed by atoms with Crippen LogP contribution in [0.2, 0.25) is 0 Å². The Balaban J connectivity index is 1.58. The van der Waals surface area contributed by atoms with Crippen LogP contribution in [0.4, 0.5) is 26.3 Å². The van der Waals surface area contributed by atoms with Crippen LogP contribution in [-0.2, 0) is 32.2 Å². The summed E-state index contributed by atoms with van der Waals surface area (Å²) >= 11 is 0. The van der Waals surface area contributed by atoms with Gasteiger partial charge < -0.3 is 14.8 Å². The van der Waals surface area contributed by atoms with E-state index in [0.717, 1.165) is 5.56 Å². The molecule has 4 rings (SSSR count). The predicted octanol–water partition coefficient (Wildman–Crippen LogP) is 6.79. The van der Waals surface area contributed by atoms with Gasteiger partial charge in [-0.05, 0) is 62.9 Å². The fourth-order valence-corrected chi connectivity index (χ4v) is 5.22. The molecule has 1 unspecified atom stereocenters. The maximum absolute atomic E-state index is 13.3. The molecule has 2 heterocycles. The first-order valence-electron chi connectivity index (χ1n) is 12.0. The zero-order valence-corrected chi connectivity index (χ0v) is 20.7. The summed E-state index contributed by atoms with van der Waals surface area (Å²) in [6.07, 6.45) is -9.37. The van der Waals surface area contributed by atoms with Gasteiger partial charge in [0, 0.05) is 13.0 Å². The molecule has 0 bridgehead atoms. The molecule has 2 aliphatic heterocycles. The Kier molecular flexibility index (Phi) is 6.90. The molecule has 1 spiro atoms. The molecule has 1 N–H and O–H groups in total. The van der Waals surface area contributed by atoms with Crippen LogP contribution in [-0.4, -0.2) is 24.7 Å². The molecule has 2 aliphatic rings. The molecule has 2 saturated heterocycles. The summed E-state index contributed by atoms with van der Waals surface area (Å²) < 4.78 is 91.7. The van der Waals surface area contributed by atoms with E-state index in [1.54, 1.807) is 0 Å². The molecule has 0 radical (unpaired) electrons. The van der Waals surface area contributed by atoms with Crippen molar-refractivity contribution in [2.45, 2.75) is 69.6 Å². The second-order valence-electron chi connectivity index (χ2n) is 10.7. The highest BCUT2D eigenvalue weighted by Crippen LogP contribution is 2.47. The Bertz CT molecular complexity index is 1100. The van der Waals surface area contributed by atoms with E-state index in [-0.39, 0.29) is 24.2 Å². The number of esters is 1. The van der Waals surface area contributed by atoms with Gasteiger partial charge in [-0.1, -0.05) is 30.3 Å². The molecule has 10 heteroatoms. The molecule has 0 amide bonds. The van der Waals surface area contributed by atoms with Crippen molar-refractivity contribution in [1.82, 2.24) is 5.32 Å². The van der Waals surface area contributed by atoms with Crippen molar-refractivity contribution in [3.63, 3.8) is 0 Å². The van der Waals surface area contributed by atoms with Crippen molar-refractivity contribution in [2.75, 3.05) is 13.2 Å². The lowest BCUT2D eigenvalue weighted by Crippen LogP contribution is -2.58. The van der Waals surface area contributed by atoms with Crippen molar-refractivity contribution in [3.8, 4) is 0 Å². The van der Waals surface area contributed by atoms with Gasteiger partial charge in [-0.15, -0.1) is 0 Å². The lowest BCUT2D eigenvalue weighted by molar-refractivity contribution is -0.156. The third-order valence-electron chi connectivity index (χ3n) is 7.37. The van der Waals surface area contributed by atoms with E-state index in [9.17, 15) is 31.1 Å². The number of carbonyl (C=O) groups is 1. The number of hydrogen-bond acceptors (Lipinski definition) is 4. The van der Waals surface area contributed by atoms with Gasteiger partial charge in [0.2, 0.25) is 0 Å². The van der Waals surface area contributed by atoms with Crippen molar-refractivity contribution >= 4 is 5.97 Å². The predicted molar refractivity (Wildman–Crippen MR) is 123 cm³/mol. The second-order valence-corrected chi connectivity index (χ2v) is 10.7. The topological polar surface area (TPSA) is 47.6 Å². The summed E-state index contributed by atoms with van der Waals surface area (Å²) in [6.45, 7) is 5.43. The SMILES string of the molecule is C[C@@H](OC[C@@]1(c2ccccc2)CCC2(CN1)CC(C)(C)C(=O)O2)c1cc(C(F)(F)F)cc(C(F)(F)F)c1.